The van der Waals surface area contributed by atoms with E-state index in [1.807, 2.05) is 6.92 Å². The highest BCUT2D eigenvalue weighted by atomic mass is 19.3. The average Bonchev–Trinajstić information content (AvgIpc) is 2.35. The van der Waals surface area contributed by atoms with Crippen LogP contribution in [0.15, 0.2) is 0 Å². The molecule has 0 aromatic carbocycles. The van der Waals surface area contributed by atoms with Crippen molar-refractivity contribution in [2.75, 3.05) is 13.2 Å². The normalized spacial score (nSPS) is 12.9. The summed E-state index contributed by atoms with van der Waals surface area (Å²) < 4.78 is 60.8. The SMILES string of the molecule is CCC(C)(C)C(=O)OCCC(=O)OCCC(F)(F)CC(C)(F)F. The lowest BCUT2D eigenvalue weighted by Crippen LogP contribution is -2.29. The van der Waals surface area contributed by atoms with E-state index in [-0.39, 0.29) is 13.0 Å². The lowest BCUT2D eigenvalue weighted by atomic mass is 9.91. The van der Waals surface area contributed by atoms with Crippen molar-refractivity contribution >= 4 is 11.9 Å². The molecule has 0 aliphatic heterocycles. The summed E-state index contributed by atoms with van der Waals surface area (Å²) in [6, 6.07) is 0. The molecule has 0 saturated carbocycles. The van der Waals surface area contributed by atoms with E-state index in [0.717, 1.165) is 0 Å². The van der Waals surface area contributed by atoms with Gasteiger partial charge in [0.05, 0.1) is 24.9 Å². The molecule has 0 heterocycles. The summed E-state index contributed by atoms with van der Waals surface area (Å²) in [7, 11) is 0. The number of esters is 2. The first kappa shape index (κ1) is 21.7. The molecule has 0 unspecified atom stereocenters. The summed E-state index contributed by atoms with van der Waals surface area (Å²) in [6.45, 7) is 4.72. The molecule has 0 atom stereocenters. The Bertz CT molecular complexity index is 403. The summed E-state index contributed by atoms with van der Waals surface area (Å²) >= 11 is 0. The number of alkyl halides is 4. The zero-order valence-electron chi connectivity index (χ0n) is 13.9. The van der Waals surface area contributed by atoms with Crippen molar-refractivity contribution in [1.82, 2.24) is 0 Å². The third-order valence-corrected chi connectivity index (χ3v) is 3.28. The van der Waals surface area contributed by atoms with Crippen LogP contribution in [0.5, 0.6) is 0 Å². The lowest BCUT2D eigenvalue weighted by molar-refractivity contribution is -0.157. The molecule has 0 saturated heterocycles. The maximum atomic E-state index is 13.2. The highest BCUT2D eigenvalue weighted by Crippen LogP contribution is 2.32. The minimum absolute atomic E-state index is 0.218. The van der Waals surface area contributed by atoms with Gasteiger partial charge in [-0.3, -0.25) is 9.59 Å². The quantitative estimate of drug-likeness (QED) is 0.444. The molecule has 0 amide bonds. The van der Waals surface area contributed by atoms with Gasteiger partial charge in [0.15, 0.2) is 0 Å². The summed E-state index contributed by atoms with van der Waals surface area (Å²) in [5.74, 6) is -8.40. The Labute approximate surface area is 133 Å². The number of hydrogen-bond acceptors (Lipinski definition) is 4. The van der Waals surface area contributed by atoms with Gasteiger partial charge in [-0.15, -0.1) is 0 Å². The number of ether oxygens (including phenoxy) is 2. The van der Waals surface area contributed by atoms with Crippen molar-refractivity contribution in [2.24, 2.45) is 5.41 Å². The molecule has 0 aromatic heterocycles. The topological polar surface area (TPSA) is 52.6 Å². The standard InChI is InChI=1S/C15H24F4O4/c1-5-13(2,3)12(21)23-8-6-11(20)22-9-7-15(18,19)10-14(4,16)17/h5-10H2,1-4H3. The van der Waals surface area contributed by atoms with Gasteiger partial charge in [-0.2, -0.15) is 0 Å². The van der Waals surface area contributed by atoms with Crippen LogP contribution in [0.25, 0.3) is 0 Å². The Balaban J connectivity index is 3.99. The fourth-order valence-corrected chi connectivity index (χ4v) is 1.50. The maximum absolute atomic E-state index is 13.2. The first-order valence-electron chi connectivity index (χ1n) is 7.37. The minimum Gasteiger partial charge on any atom is -0.465 e. The Morgan fingerprint density at radius 3 is 2.00 bits per heavy atom. The van der Waals surface area contributed by atoms with E-state index in [2.05, 4.69) is 4.74 Å². The summed E-state index contributed by atoms with van der Waals surface area (Å²) in [6.07, 6.45) is -2.29. The molecule has 0 rings (SSSR count). The largest absolute Gasteiger partial charge is 0.465 e. The first-order chi connectivity index (χ1) is 10.3. The van der Waals surface area contributed by atoms with Gasteiger partial charge in [0.2, 0.25) is 0 Å². The lowest BCUT2D eigenvalue weighted by Gasteiger charge is -2.20. The first-order valence-corrected chi connectivity index (χ1v) is 7.37. The Hall–Kier alpha value is -1.34. The number of carbonyl (C=O) groups is 2. The van der Waals surface area contributed by atoms with E-state index in [9.17, 15) is 27.2 Å². The molecule has 0 aliphatic rings. The van der Waals surface area contributed by atoms with Crippen LogP contribution < -0.4 is 0 Å². The van der Waals surface area contributed by atoms with Gasteiger partial charge in [-0.05, 0) is 27.2 Å². The number of rotatable bonds is 10. The highest BCUT2D eigenvalue weighted by Gasteiger charge is 2.39. The predicted molar refractivity (Wildman–Crippen MR) is 75.4 cm³/mol. The molecule has 0 bridgehead atoms. The van der Waals surface area contributed by atoms with E-state index < -0.39 is 48.6 Å². The zero-order valence-corrected chi connectivity index (χ0v) is 13.9. The third kappa shape index (κ3) is 10.1. The molecular formula is C15H24F4O4. The van der Waals surface area contributed by atoms with Crippen LogP contribution >= 0.6 is 0 Å². The number of hydrogen-bond donors (Lipinski definition) is 0. The van der Waals surface area contributed by atoms with E-state index >= 15 is 0 Å². The van der Waals surface area contributed by atoms with Gasteiger partial charge >= 0.3 is 11.9 Å². The van der Waals surface area contributed by atoms with Gasteiger partial charge in [-0.1, -0.05) is 6.92 Å². The van der Waals surface area contributed by atoms with Crippen LogP contribution in [-0.4, -0.2) is 37.0 Å². The summed E-state index contributed by atoms with van der Waals surface area (Å²) in [5.41, 5.74) is -0.669. The Morgan fingerprint density at radius 1 is 0.957 bits per heavy atom. The second-order valence-corrected chi connectivity index (χ2v) is 6.20. The van der Waals surface area contributed by atoms with Gasteiger partial charge in [0.25, 0.3) is 11.8 Å². The van der Waals surface area contributed by atoms with E-state index in [4.69, 9.17) is 4.74 Å². The molecule has 0 spiro atoms. The molecular weight excluding hydrogens is 320 g/mol. The van der Waals surface area contributed by atoms with Crippen LogP contribution in [0.1, 0.15) is 53.4 Å². The van der Waals surface area contributed by atoms with Crippen molar-refractivity contribution in [3.8, 4) is 0 Å². The van der Waals surface area contributed by atoms with Crippen LogP contribution in [0, 0.1) is 5.41 Å². The summed E-state index contributed by atoms with van der Waals surface area (Å²) in [5, 5.41) is 0. The smallest absolute Gasteiger partial charge is 0.311 e. The van der Waals surface area contributed by atoms with Gasteiger partial charge in [0.1, 0.15) is 6.61 Å². The Kier molecular flexibility index (Phi) is 8.00. The van der Waals surface area contributed by atoms with Crippen molar-refractivity contribution in [2.45, 2.75) is 65.2 Å². The number of carbonyl (C=O) groups excluding carboxylic acids is 2. The second kappa shape index (κ2) is 8.49. The maximum Gasteiger partial charge on any atom is 0.311 e. The van der Waals surface area contributed by atoms with Crippen LogP contribution in [-0.2, 0) is 19.1 Å². The van der Waals surface area contributed by atoms with E-state index in [1.165, 1.54) is 0 Å². The molecule has 0 radical (unpaired) electrons. The summed E-state index contributed by atoms with van der Waals surface area (Å²) in [4.78, 5) is 22.9. The molecule has 136 valence electrons. The Morgan fingerprint density at radius 2 is 1.52 bits per heavy atom. The van der Waals surface area contributed by atoms with Crippen molar-refractivity contribution in [3.05, 3.63) is 0 Å². The van der Waals surface area contributed by atoms with E-state index in [1.54, 1.807) is 13.8 Å². The van der Waals surface area contributed by atoms with Crippen molar-refractivity contribution in [1.29, 1.82) is 0 Å². The molecule has 0 aliphatic carbocycles. The molecule has 4 nitrogen and oxygen atoms in total. The molecule has 23 heavy (non-hydrogen) atoms. The number of halogens is 4. The van der Waals surface area contributed by atoms with E-state index in [0.29, 0.717) is 13.3 Å². The average molecular weight is 344 g/mol. The van der Waals surface area contributed by atoms with Crippen molar-refractivity contribution in [3.63, 3.8) is 0 Å². The highest BCUT2D eigenvalue weighted by molar-refractivity contribution is 5.76. The fourth-order valence-electron chi connectivity index (χ4n) is 1.50. The molecule has 0 N–H and O–H groups in total. The predicted octanol–water partition coefficient (Wildman–Crippen LogP) is 3.97. The molecule has 8 heteroatoms. The third-order valence-electron chi connectivity index (χ3n) is 3.28. The van der Waals surface area contributed by atoms with Gasteiger partial charge in [-0.25, -0.2) is 17.6 Å². The second-order valence-electron chi connectivity index (χ2n) is 6.20. The van der Waals surface area contributed by atoms with Gasteiger partial charge < -0.3 is 9.47 Å². The fraction of sp³-hybridized carbons (Fsp3) is 0.867. The van der Waals surface area contributed by atoms with Crippen LogP contribution in [0.2, 0.25) is 0 Å². The molecule has 0 aromatic rings. The van der Waals surface area contributed by atoms with Crippen molar-refractivity contribution < 1.29 is 36.6 Å². The monoisotopic (exact) mass is 344 g/mol. The molecule has 0 fully saturated rings. The zero-order chi connectivity index (χ0) is 18.3. The van der Waals surface area contributed by atoms with Gasteiger partial charge in [0, 0.05) is 6.42 Å². The van der Waals surface area contributed by atoms with Crippen LogP contribution in [0.3, 0.4) is 0 Å². The minimum atomic E-state index is -3.61. The van der Waals surface area contributed by atoms with Crippen LogP contribution in [0.4, 0.5) is 17.6 Å².